The molecule has 6 nitrogen and oxygen atoms in total. The minimum atomic E-state index is -0.259. The van der Waals surface area contributed by atoms with E-state index in [1.165, 1.54) is 11.1 Å². The van der Waals surface area contributed by atoms with Gasteiger partial charge in [-0.1, -0.05) is 31.2 Å². The predicted molar refractivity (Wildman–Crippen MR) is 111 cm³/mol. The molecule has 1 amide bonds. The molecule has 2 N–H and O–H groups in total. The molecule has 0 aliphatic carbocycles. The van der Waals surface area contributed by atoms with Crippen molar-refractivity contribution in [2.24, 2.45) is 0 Å². The lowest BCUT2D eigenvalue weighted by molar-refractivity contribution is 0.102. The predicted octanol–water partition coefficient (Wildman–Crippen LogP) is 3.95. The summed E-state index contributed by atoms with van der Waals surface area (Å²) >= 11 is 0. The number of rotatable bonds is 8. The van der Waals surface area contributed by atoms with Crippen LogP contribution in [0.5, 0.6) is 5.75 Å². The Morgan fingerprint density at radius 2 is 1.71 bits per heavy atom. The Balaban J connectivity index is 1.55. The van der Waals surface area contributed by atoms with Gasteiger partial charge in [0.25, 0.3) is 5.91 Å². The monoisotopic (exact) mass is 376 g/mol. The lowest BCUT2D eigenvalue weighted by Gasteiger charge is -2.08. The lowest BCUT2D eigenvalue weighted by Crippen LogP contribution is -2.16. The van der Waals surface area contributed by atoms with Gasteiger partial charge in [0.2, 0.25) is 5.95 Å². The molecule has 28 heavy (non-hydrogen) atoms. The van der Waals surface area contributed by atoms with Crippen LogP contribution in [0.3, 0.4) is 0 Å². The van der Waals surface area contributed by atoms with Gasteiger partial charge in [0, 0.05) is 18.4 Å². The number of amides is 1. The molecule has 0 radical (unpaired) electrons. The number of carbonyl (C=O) groups is 1. The van der Waals surface area contributed by atoms with Crippen LogP contribution in [0.25, 0.3) is 0 Å². The van der Waals surface area contributed by atoms with Crippen LogP contribution in [0.2, 0.25) is 0 Å². The number of benzene rings is 2. The maximum absolute atomic E-state index is 12.4. The first kappa shape index (κ1) is 19.4. The molecule has 2 aromatic carbocycles. The molecule has 0 aliphatic heterocycles. The largest absolute Gasteiger partial charge is 0.497 e. The Morgan fingerprint density at radius 3 is 2.39 bits per heavy atom. The number of methoxy groups -OCH3 is 1. The highest BCUT2D eigenvalue weighted by atomic mass is 16.5. The summed E-state index contributed by atoms with van der Waals surface area (Å²) < 4.78 is 5.16. The van der Waals surface area contributed by atoms with E-state index in [0.29, 0.717) is 18.2 Å². The van der Waals surface area contributed by atoms with Crippen molar-refractivity contribution in [2.45, 2.75) is 19.8 Å². The molecule has 1 heterocycles. The van der Waals surface area contributed by atoms with Crippen LogP contribution < -0.4 is 15.4 Å². The highest BCUT2D eigenvalue weighted by Gasteiger charge is 2.09. The number of carbonyl (C=O) groups excluding carboxylic acids is 1. The first-order chi connectivity index (χ1) is 13.7. The van der Waals surface area contributed by atoms with Gasteiger partial charge in [0.15, 0.2) is 0 Å². The summed E-state index contributed by atoms with van der Waals surface area (Å²) in [4.78, 5) is 20.9. The summed E-state index contributed by atoms with van der Waals surface area (Å²) in [5.74, 6) is 1.01. The van der Waals surface area contributed by atoms with E-state index < -0.39 is 0 Å². The van der Waals surface area contributed by atoms with Crippen molar-refractivity contribution in [1.82, 2.24) is 9.97 Å². The molecule has 0 spiro atoms. The van der Waals surface area contributed by atoms with Crippen molar-refractivity contribution in [3.63, 3.8) is 0 Å². The van der Waals surface area contributed by atoms with E-state index in [1.807, 2.05) is 48.5 Å². The molecule has 0 bridgehead atoms. The van der Waals surface area contributed by atoms with Crippen LogP contribution in [0.4, 0.5) is 11.6 Å². The van der Waals surface area contributed by atoms with Gasteiger partial charge >= 0.3 is 0 Å². The van der Waals surface area contributed by atoms with Gasteiger partial charge in [0.1, 0.15) is 11.4 Å². The van der Waals surface area contributed by atoms with Crippen LogP contribution in [0.1, 0.15) is 28.5 Å². The maximum atomic E-state index is 12.4. The summed E-state index contributed by atoms with van der Waals surface area (Å²) in [6.45, 7) is 2.76. The van der Waals surface area contributed by atoms with Crippen LogP contribution in [0, 0.1) is 0 Å². The fraction of sp³-hybridized carbons (Fsp3) is 0.227. The van der Waals surface area contributed by atoms with E-state index in [2.05, 4.69) is 27.5 Å². The van der Waals surface area contributed by atoms with Crippen molar-refractivity contribution in [2.75, 3.05) is 24.3 Å². The van der Waals surface area contributed by atoms with Gasteiger partial charge in [-0.3, -0.25) is 4.79 Å². The number of nitrogens with zero attached hydrogens (tertiary/aromatic N) is 2. The van der Waals surface area contributed by atoms with Crippen molar-refractivity contribution in [1.29, 1.82) is 0 Å². The number of ether oxygens (including phenoxy) is 1. The molecule has 6 heteroatoms. The van der Waals surface area contributed by atoms with E-state index in [0.717, 1.165) is 24.3 Å². The summed E-state index contributed by atoms with van der Waals surface area (Å²) in [7, 11) is 1.65. The number of hydrogen-bond acceptors (Lipinski definition) is 5. The minimum Gasteiger partial charge on any atom is -0.497 e. The Labute approximate surface area is 165 Å². The van der Waals surface area contributed by atoms with Gasteiger partial charge in [0.05, 0.1) is 7.11 Å². The van der Waals surface area contributed by atoms with E-state index in [9.17, 15) is 4.79 Å². The van der Waals surface area contributed by atoms with E-state index in [1.54, 1.807) is 19.4 Å². The fourth-order valence-corrected chi connectivity index (χ4v) is 2.70. The van der Waals surface area contributed by atoms with Crippen LogP contribution in [-0.2, 0) is 12.8 Å². The molecule has 144 valence electrons. The maximum Gasteiger partial charge on any atom is 0.274 e. The van der Waals surface area contributed by atoms with Crippen molar-refractivity contribution >= 4 is 17.5 Å². The van der Waals surface area contributed by atoms with Gasteiger partial charge < -0.3 is 15.4 Å². The molecule has 3 rings (SSSR count). The molecule has 0 unspecified atom stereocenters. The average Bonchev–Trinajstić information content (AvgIpc) is 2.75. The number of aryl methyl sites for hydroxylation is 1. The summed E-state index contributed by atoms with van der Waals surface area (Å²) in [6.07, 6.45) is 3.36. The van der Waals surface area contributed by atoms with Gasteiger partial charge in [-0.05, 0) is 54.3 Å². The lowest BCUT2D eigenvalue weighted by atomic mass is 10.1. The molecular weight excluding hydrogens is 352 g/mol. The highest BCUT2D eigenvalue weighted by molar-refractivity contribution is 6.02. The van der Waals surface area contributed by atoms with E-state index in [4.69, 9.17) is 4.74 Å². The standard InChI is InChI=1S/C22H24N4O2/c1-3-16-4-8-18(9-5-16)25-21(27)20-13-15-24-22(26-20)23-14-12-17-6-10-19(28-2)11-7-17/h4-11,13,15H,3,12,14H2,1-2H3,(H,25,27)(H,23,24,26). The zero-order valence-corrected chi connectivity index (χ0v) is 16.1. The van der Waals surface area contributed by atoms with Crippen molar-refractivity contribution in [3.8, 4) is 5.75 Å². The molecule has 0 saturated carbocycles. The number of aromatic nitrogens is 2. The van der Waals surface area contributed by atoms with Crippen molar-refractivity contribution < 1.29 is 9.53 Å². The molecule has 0 saturated heterocycles. The quantitative estimate of drug-likeness (QED) is 0.622. The topological polar surface area (TPSA) is 76.1 Å². The van der Waals surface area contributed by atoms with E-state index in [-0.39, 0.29) is 5.91 Å². The van der Waals surface area contributed by atoms with Gasteiger partial charge in [-0.2, -0.15) is 0 Å². The van der Waals surface area contributed by atoms with Crippen molar-refractivity contribution in [3.05, 3.63) is 77.6 Å². The zero-order valence-electron chi connectivity index (χ0n) is 16.1. The SMILES string of the molecule is CCc1ccc(NC(=O)c2ccnc(NCCc3ccc(OC)cc3)n2)cc1. The van der Waals surface area contributed by atoms with Crippen LogP contribution in [0.15, 0.2) is 60.8 Å². The first-order valence-electron chi connectivity index (χ1n) is 9.28. The van der Waals surface area contributed by atoms with E-state index >= 15 is 0 Å². The third kappa shape index (κ3) is 5.30. The summed E-state index contributed by atoms with van der Waals surface area (Å²) in [5.41, 5.74) is 3.47. The Morgan fingerprint density at radius 1 is 1.00 bits per heavy atom. The zero-order chi connectivity index (χ0) is 19.8. The second kappa shape index (κ2) is 9.50. The number of hydrogen-bond donors (Lipinski definition) is 2. The smallest absolute Gasteiger partial charge is 0.274 e. The Kier molecular flexibility index (Phi) is 6.57. The summed E-state index contributed by atoms with van der Waals surface area (Å²) in [5, 5.41) is 6.02. The molecular formula is C22H24N4O2. The fourth-order valence-electron chi connectivity index (χ4n) is 2.70. The molecule has 0 fully saturated rings. The molecule has 3 aromatic rings. The van der Waals surface area contributed by atoms with Gasteiger partial charge in [-0.25, -0.2) is 9.97 Å². The second-order valence-corrected chi connectivity index (χ2v) is 6.29. The Bertz CT molecular complexity index is 909. The molecule has 0 atom stereocenters. The first-order valence-corrected chi connectivity index (χ1v) is 9.28. The third-order valence-electron chi connectivity index (χ3n) is 4.36. The normalized spacial score (nSPS) is 10.4. The summed E-state index contributed by atoms with van der Waals surface area (Å²) in [6, 6.07) is 17.3. The highest BCUT2D eigenvalue weighted by Crippen LogP contribution is 2.13. The minimum absolute atomic E-state index is 0.259. The average molecular weight is 376 g/mol. The van der Waals surface area contributed by atoms with Gasteiger partial charge in [-0.15, -0.1) is 0 Å². The molecule has 0 aliphatic rings. The number of anilines is 2. The van der Waals surface area contributed by atoms with Crippen LogP contribution >= 0.6 is 0 Å². The van der Waals surface area contributed by atoms with Crippen LogP contribution in [-0.4, -0.2) is 29.5 Å². The molecule has 1 aromatic heterocycles. The Hall–Kier alpha value is -3.41. The number of nitrogens with one attached hydrogen (secondary N) is 2. The third-order valence-corrected chi connectivity index (χ3v) is 4.36. The second-order valence-electron chi connectivity index (χ2n) is 6.29.